The zero-order valence-electron chi connectivity index (χ0n) is 20.5. The summed E-state index contributed by atoms with van der Waals surface area (Å²) in [5.41, 5.74) is -0.0445. The quantitative estimate of drug-likeness (QED) is 0.664. The molecule has 2 aliphatic heterocycles. The van der Waals surface area contributed by atoms with Gasteiger partial charge in [0.1, 0.15) is 6.02 Å². The smallest absolute Gasteiger partial charge is 0.322 e. The Hall–Kier alpha value is -3.13. The maximum atomic E-state index is 14.6. The number of amides is 3. The molecule has 0 aliphatic carbocycles. The number of ketones is 1. The number of carbonyl (C=O) groups is 4. The Labute approximate surface area is 193 Å². The second-order valence-corrected chi connectivity index (χ2v) is 7.76. The van der Waals surface area contributed by atoms with Crippen molar-refractivity contribution in [2.45, 2.75) is 44.1 Å². The summed E-state index contributed by atoms with van der Waals surface area (Å²) < 4.78 is 61.7. The summed E-state index contributed by atoms with van der Waals surface area (Å²) in [5.74, 6) is -8.36. The molecule has 3 unspecified atom stereocenters. The van der Waals surface area contributed by atoms with Crippen LogP contribution in [0.15, 0.2) is 42.5 Å². The van der Waals surface area contributed by atoms with Gasteiger partial charge in [-0.2, -0.15) is 8.78 Å². The average molecular weight is 465 g/mol. The van der Waals surface area contributed by atoms with Crippen molar-refractivity contribution in [2.75, 3.05) is 0 Å². The number of rotatable bonds is 6. The van der Waals surface area contributed by atoms with E-state index in [0.717, 1.165) is 17.0 Å². The zero-order valence-corrected chi connectivity index (χ0v) is 17.2. The van der Waals surface area contributed by atoms with E-state index in [1.54, 1.807) is 0 Å². The van der Waals surface area contributed by atoms with E-state index in [2.05, 4.69) is 0 Å². The number of fused-ring (bicyclic) bond motifs is 1. The molecule has 2 aromatic rings. The number of hydrogen-bond acceptors (Lipinski definition) is 4. The first-order chi connectivity index (χ1) is 16.8. The van der Waals surface area contributed by atoms with Crippen LogP contribution in [0.25, 0.3) is 0 Å². The molecule has 0 bridgehead atoms. The van der Waals surface area contributed by atoms with Crippen LogP contribution in [0.2, 0.25) is 6.43 Å². The second kappa shape index (κ2) is 8.43. The summed E-state index contributed by atoms with van der Waals surface area (Å²) in [6.07, 6.45) is -4.43. The van der Waals surface area contributed by atoms with E-state index < -0.39 is 66.6 Å². The molecule has 3 atom stereocenters. The molecule has 0 saturated carbocycles. The summed E-state index contributed by atoms with van der Waals surface area (Å²) in [4.78, 5) is 50.3. The number of hydrogen-bond donors (Lipinski definition) is 1. The first-order valence-corrected chi connectivity index (χ1v) is 9.99. The van der Waals surface area contributed by atoms with Crippen LogP contribution in [0, 0.1) is 0 Å². The molecule has 32 heavy (non-hydrogen) atoms. The van der Waals surface area contributed by atoms with E-state index in [1.165, 1.54) is 30.3 Å². The normalized spacial score (nSPS) is 26.2. The minimum absolute atomic E-state index is 0.0218. The number of halogens is 3. The molecule has 3 amide bonds. The number of alkyl halides is 2. The van der Waals surface area contributed by atoms with Gasteiger partial charge in [-0.05, 0) is 42.1 Å². The van der Waals surface area contributed by atoms with Crippen molar-refractivity contribution < 1.29 is 33.5 Å². The Kier molecular flexibility index (Phi) is 4.59. The van der Waals surface area contributed by atoms with Gasteiger partial charge in [-0.1, -0.05) is 35.9 Å². The molecule has 166 valence electrons. The van der Waals surface area contributed by atoms with Crippen LogP contribution in [-0.4, -0.2) is 34.4 Å². The predicted molar refractivity (Wildman–Crippen MR) is 111 cm³/mol. The lowest BCUT2D eigenvalue weighted by atomic mass is 9.97. The Morgan fingerprint density at radius 1 is 1.28 bits per heavy atom. The number of benzene rings is 2. The van der Waals surface area contributed by atoms with E-state index >= 15 is 0 Å². The molecule has 9 heteroatoms. The third kappa shape index (κ3) is 4.14. The van der Waals surface area contributed by atoms with Crippen molar-refractivity contribution in [2.24, 2.45) is 0 Å². The standard InChI is InChI=1S/C23H19ClF2N2O4/c24-16-5-3-15(4-6-16)23(25,26)19(29)9-2-13-1-7-17-14(11-13)12-28(22(17)32)18-8-10-20(30)27-21(18)31/h1,3-7,11,18H,2,8-10,12H2,(H,27,30,31)/i2D,8D,18D/hD. The Balaban J connectivity index is 1.54. The Morgan fingerprint density at radius 3 is 2.72 bits per heavy atom. The van der Waals surface area contributed by atoms with Crippen LogP contribution in [0.3, 0.4) is 0 Å². The van der Waals surface area contributed by atoms with Crippen molar-refractivity contribution >= 4 is 35.1 Å². The van der Waals surface area contributed by atoms with Crippen molar-refractivity contribution in [3.8, 4) is 0 Å². The van der Waals surface area contributed by atoms with Crippen LogP contribution in [0.4, 0.5) is 8.78 Å². The lowest BCUT2D eigenvalue weighted by Crippen LogP contribution is -2.52. The molecular formula is C23H19ClF2N2O4. The fraction of sp³-hybridized carbons (Fsp3) is 0.304. The van der Waals surface area contributed by atoms with Gasteiger partial charge in [-0.25, -0.2) is 0 Å². The molecule has 2 aromatic carbocycles. The SMILES string of the molecule is [2H]C(CC(=O)C(F)(F)c1ccc(Cl)cc1)c1ccc2c(c1)CN(C1([2H])C(=O)N([2H])C(=O)CC1[2H])C2=O. The monoisotopic (exact) mass is 464 g/mol. The lowest BCUT2D eigenvalue weighted by Gasteiger charge is -2.29. The maximum absolute atomic E-state index is 14.6. The van der Waals surface area contributed by atoms with Crippen molar-refractivity contribution in [3.63, 3.8) is 0 Å². The summed E-state index contributed by atoms with van der Waals surface area (Å²) in [5, 5.41) is 0.205. The van der Waals surface area contributed by atoms with Crippen molar-refractivity contribution in [3.05, 3.63) is 69.7 Å². The fourth-order valence-electron chi connectivity index (χ4n) is 3.53. The first-order valence-electron chi connectivity index (χ1n) is 11.7. The number of nitrogens with one attached hydrogen (secondary N) is 1. The number of carbonyl (C=O) groups excluding carboxylic acids is 4. The van der Waals surface area contributed by atoms with Gasteiger partial charge >= 0.3 is 5.92 Å². The highest BCUT2D eigenvalue weighted by Gasteiger charge is 2.41. The van der Waals surface area contributed by atoms with Crippen molar-refractivity contribution in [1.29, 1.82) is 0 Å². The van der Waals surface area contributed by atoms with Gasteiger partial charge in [0.2, 0.25) is 17.6 Å². The molecule has 1 saturated heterocycles. The third-order valence-electron chi connectivity index (χ3n) is 5.22. The summed E-state index contributed by atoms with van der Waals surface area (Å²) in [6.45, 7) is -0.323. The Morgan fingerprint density at radius 2 is 2.00 bits per heavy atom. The average Bonchev–Trinajstić information content (AvgIpc) is 3.17. The lowest BCUT2D eigenvalue weighted by molar-refractivity contribution is -0.144. The summed E-state index contributed by atoms with van der Waals surface area (Å²) in [6, 6.07) is 5.99. The summed E-state index contributed by atoms with van der Waals surface area (Å²) in [7, 11) is 0. The predicted octanol–water partition coefficient (Wildman–Crippen LogP) is 3.39. The van der Waals surface area contributed by atoms with Crippen LogP contribution in [0.5, 0.6) is 0 Å². The largest absolute Gasteiger partial charge is 0.330 e. The highest BCUT2D eigenvalue weighted by atomic mass is 35.5. The van der Waals surface area contributed by atoms with E-state index in [9.17, 15) is 28.0 Å². The van der Waals surface area contributed by atoms with Gasteiger partial charge in [0.15, 0.2) is 1.41 Å². The number of Topliss-reactive ketones (excluding diaryl/α,β-unsaturated/α-hetero) is 1. The van der Waals surface area contributed by atoms with E-state index in [0.29, 0.717) is 0 Å². The highest BCUT2D eigenvalue weighted by Crippen LogP contribution is 2.32. The maximum Gasteiger partial charge on any atom is 0.330 e. The molecule has 2 aliphatic rings. The van der Waals surface area contributed by atoms with Crippen LogP contribution in [-0.2, 0) is 33.2 Å². The summed E-state index contributed by atoms with van der Waals surface area (Å²) >= 11 is 5.71. The molecule has 0 aromatic heterocycles. The molecule has 4 rings (SSSR count). The van der Waals surface area contributed by atoms with Gasteiger partial charge in [0.05, 0.1) is 1.37 Å². The first kappa shape index (κ1) is 17.4. The van der Waals surface area contributed by atoms with Gasteiger partial charge in [0.25, 0.3) is 5.91 Å². The Bertz CT molecular complexity index is 1280. The topological polar surface area (TPSA) is 83.6 Å². The van der Waals surface area contributed by atoms with E-state index in [1.807, 2.05) is 0 Å². The third-order valence-corrected chi connectivity index (χ3v) is 5.47. The van der Waals surface area contributed by atoms with Gasteiger partial charge in [-0.3, -0.25) is 24.5 Å². The minimum Gasteiger partial charge on any atom is -0.322 e. The van der Waals surface area contributed by atoms with E-state index in [-0.39, 0.29) is 33.6 Å². The minimum atomic E-state index is -3.84. The molecule has 1 fully saturated rings. The number of nitrogens with zero attached hydrogens (tertiary/aromatic N) is 1. The highest BCUT2D eigenvalue weighted by molar-refractivity contribution is 6.30. The molecule has 2 heterocycles. The molecule has 0 spiro atoms. The molecule has 6 nitrogen and oxygen atoms in total. The van der Waals surface area contributed by atoms with Gasteiger partial charge < -0.3 is 4.90 Å². The second-order valence-electron chi connectivity index (χ2n) is 7.32. The van der Waals surface area contributed by atoms with Crippen LogP contribution < -0.4 is 5.31 Å². The van der Waals surface area contributed by atoms with Crippen LogP contribution >= 0.6 is 11.6 Å². The molecular weight excluding hydrogens is 442 g/mol. The molecule has 1 N–H and O–H groups in total. The van der Waals surface area contributed by atoms with Crippen molar-refractivity contribution in [1.82, 2.24) is 10.2 Å². The van der Waals surface area contributed by atoms with Gasteiger partial charge in [0, 0.05) is 38.3 Å². The number of imide groups is 1. The van der Waals surface area contributed by atoms with Crippen LogP contribution in [0.1, 0.15) is 50.4 Å². The number of aryl methyl sites for hydroxylation is 1. The van der Waals surface area contributed by atoms with E-state index in [4.69, 9.17) is 17.1 Å². The zero-order chi connectivity index (χ0) is 26.6. The molecule has 0 radical (unpaired) electrons. The fourth-order valence-corrected chi connectivity index (χ4v) is 3.66. The number of piperidine rings is 1. The van der Waals surface area contributed by atoms with Gasteiger partial charge in [-0.15, -0.1) is 0 Å².